The number of hydrogen-bond acceptors (Lipinski definition) is 4. The molecule has 2 aromatic carbocycles. The zero-order valence-electron chi connectivity index (χ0n) is 12.3. The average Bonchev–Trinajstić information content (AvgIpc) is 2.50. The van der Waals surface area contributed by atoms with Gasteiger partial charge in [-0.25, -0.2) is 0 Å². The van der Waals surface area contributed by atoms with Crippen LogP contribution < -0.4 is 5.32 Å². The topological polar surface area (TPSA) is 72.2 Å². The molecule has 0 fully saturated rings. The first-order valence-electron chi connectivity index (χ1n) is 6.60. The maximum absolute atomic E-state index is 12.7. The third-order valence-corrected chi connectivity index (χ3v) is 4.45. The van der Waals surface area contributed by atoms with Gasteiger partial charge in [-0.2, -0.15) is 8.78 Å². The van der Waals surface area contributed by atoms with Crippen LogP contribution in [0, 0.1) is 17.0 Å². The number of anilines is 1. The van der Waals surface area contributed by atoms with Crippen LogP contribution in [0.1, 0.15) is 15.9 Å². The summed E-state index contributed by atoms with van der Waals surface area (Å²) in [5.74, 6) is -3.35. The van der Waals surface area contributed by atoms with E-state index in [2.05, 4.69) is 5.32 Å². The normalized spacial score (nSPS) is 10.7. The predicted molar refractivity (Wildman–Crippen MR) is 89.1 cm³/mol. The van der Waals surface area contributed by atoms with Crippen molar-refractivity contribution < 1.29 is 18.5 Å². The number of carbonyl (C=O) groups is 1. The van der Waals surface area contributed by atoms with Crippen molar-refractivity contribution in [2.45, 2.75) is 17.6 Å². The highest BCUT2D eigenvalue weighted by Crippen LogP contribution is 2.38. The number of nitro benzene ring substituents is 1. The number of carbonyl (C=O) groups excluding carboxylic acids is 1. The lowest BCUT2D eigenvalue weighted by Gasteiger charge is -2.13. The molecule has 126 valence electrons. The standard InChI is InChI=1S/C15H11ClF2N2O3S/c1-8-9(4-2-7-12(8)20(22)23)14(21)19-11-6-3-5-10(16)13(11)24-15(17)18/h2-7,15H,1H3,(H,19,21). The quantitative estimate of drug-likeness (QED) is 0.449. The van der Waals surface area contributed by atoms with E-state index in [0.29, 0.717) is 0 Å². The number of rotatable bonds is 5. The first-order valence-corrected chi connectivity index (χ1v) is 7.85. The number of nitrogens with one attached hydrogen (secondary N) is 1. The minimum atomic E-state index is -2.71. The molecule has 5 nitrogen and oxygen atoms in total. The summed E-state index contributed by atoms with van der Waals surface area (Å²) in [6, 6.07) is 8.45. The van der Waals surface area contributed by atoms with Crippen molar-refractivity contribution >= 4 is 40.6 Å². The molecule has 0 saturated heterocycles. The second-order valence-electron chi connectivity index (χ2n) is 4.66. The Morgan fingerprint density at radius 3 is 2.58 bits per heavy atom. The van der Waals surface area contributed by atoms with Gasteiger partial charge in [0.25, 0.3) is 17.4 Å². The fraction of sp³-hybridized carbons (Fsp3) is 0.133. The average molecular weight is 373 g/mol. The van der Waals surface area contributed by atoms with Crippen LogP contribution in [0.3, 0.4) is 0 Å². The molecule has 0 atom stereocenters. The molecular formula is C15H11ClF2N2O3S. The summed E-state index contributed by atoms with van der Waals surface area (Å²) in [6.45, 7) is 1.44. The van der Waals surface area contributed by atoms with E-state index in [4.69, 9.17) is 11.6 Å². The Balaban J connectivity index is 2.36. The van der Waals surface area contributed by atoms with Crippen LogP contribution in [0.25, 0.3) is 0 Å². The van der Waals surface area contributed by atoms with Crippen LogP contribution in [0.15, 0.2) is 41.3 Å². The molecule has 9 heteroatoms. The van der Waals surface area contributed by atoms with E-state index in [0.717, 1.165) is 0 Å². The molecule has 0 aromatic heterocycles. The van der Waals surface area contributed by atoms with Crippen molar-refractivity contribution in [3.8, 4) is 0 Å². The van der Waals surface area contributed by atoms with E-state index in [1.807, 2.05) is 0 Å². The number of amides is 1. The Bertz CT molecular complexity index is 802. The molecule has 0 aliphatic heterocycles. The Kier molecular flexibility index (Phi) is 5.74. The van der Waals surface area contributed by atoms with Gasteiger partial charge in [-0.05, 0) is 25.1 Å². The third kappa shape index (κ3) is 4.01. The maximum atomic E-state index is 12.7. The van der Waals surface area contributed by atoms with Crippen LogP contribution in [0.2, 0.25) is 5.02 Å². The molecule has 0 heterocycles. The van der Waals surface area contributed by atoms with Crippen LogP contribution >= 0.6 is 23.4 Å². The highest BCUT2D eigenvalue weighted by molar-refractivity contribution is 7.99. The summed E-state index contributed by atoms with van der Waals surface area (Å²) in [5, 5.41) is 13.5. The van der Waals surface area contributed by atoms with Crippen molar-refractivity contribution in [2.75, 3.05) is 5.32 Å². The fourth-order valence-electron chi connectivity index (χ4n) is 2.07. The summed E-state index contributed by atoms with van der Waals surface area (Å²) < 4.78 is 25.3. The van der Waals surface area contributed by atoms with Gasteiger partial charge in [0.2, 0.25) is 0 Å². The number of thioether (sulfide) groups is 1. The van der Waals surface area contributed by atoms with Crippen LogP contribution in [0.5, 0.6) is 0 Å². The number of hydrogen-bond donors (Lipinski definition) is 1. The molecule has 2 rings (SSSR count). The van der Waals surface area contributed by atoms with Gasteiger partial charge in [-0.3, -0.25) is 14.9 Å². The van der Waals surface area contributed by atoms with Crippen molar-refractivity contribution in [1.82, 2.24) is 0 Å². The van der Waals surface area contributed by atoms with Crippen molar-refractivity contribution in [3.63, 3.8) is 0 Å². The van der Waals surface area contributed by atoms with Gasteiger partial charge < -0.3 is 5.32 Å². The molecule has 0 spiro atoms. The minimum absolute atomic E-state index is 0.0330. The summed E-state index contributed by atoms with van der Waals surface area (Å²) in [6.07, 6.45) is 0. The smallest absolute Gasteiger partial charge is 0.289 e. The van der Waals surface area contributed by atoms with Gasteiger partial charge in [-0.15, -0.1) is 0 Å². The van der Waals surface area contributed by atoms with Crippen molar-refractivity contribution in [1.29, 1.82) is 0 Å². The van der Waals surface area contributed by atoms with E-state index >= 15 is 0 Å². The Hall–Kier alpha value is -2.19. The van der Waals surface area contributed by atoms with Gasteiger partial charge in [0.1, 0.15) is 0 Å². The van der Waals surface area contributed by atoms with Gasteiger partial charge in [0, 0.05) is 17.2 Å². The molecule has 1 amide bonds. The van der Waals surface area contributed by atoms with Crippen molar-refractivity contribution in [3.05, 3.63) is 62.7 Å². The number of benzene rings is 2. The molecule has 0 aliphatic carbocycles. The zero-order chi connectivity index (χ0) is 17.9. The summed E-state index contributed by atoms with van der Waals surface area (Å²) in [7, 11) is 0. The Morgan fingerprint density at radius 2 is 1.96 bits per heavy atom. The lowest BCUT2D eigenvalue weighted by Crippen LogP contribution is -2.15. The molecule has 0 saturated carbocycles. The van der Waals surface area contributed by atoms with E-state index in [-0.39, 0.29) is 44.2 Å². The second kappa shape index (κ2) is 7.59. The third-order valence-electron chi connectivity index (χ3n) is 3.17. The van der Waals surface area contributed by atoms with Crippen LogP contribution in [-0.4, -0.2) is 16.6 Å². The Morgan fingerprint density at radius 1 is 1.29 bits per heavy atom. The molecule has 1 N–H and O–H groups in total. The van der Waals surface area contributed by atoms with Crippen LogP contribution in [0.4, 0.5) is 20.2 Å². The van der Waals surface area contributed by atoms with Gasteiger partial charge >= 0.3 is 0 Å². The molecule has 24 heavy (non-hydrogen) atoms. The predicted octanol–water partition coefficient (Wildman–Crippen LogP) is 5.12. The van der Waals surface area contributed by atoms with E-state index in [1.54, 1.807) is 0 Å². The number of nitrogens with zero attached hydrogens (tertiary/aromatic N) is 1. The summed E-state index contributed by atoms with van der Waals surface area (Å²) in [5.41, 5.74) is 0.182. The lowest BCUT2D eigenvalue weighted by atomic mass is 10.1. The van der Waals surface area contributed by atoms with Crippen LogP contribution in [-0.2, 0) is 0 Å². The van der Waals surface area contributed by atoms with Crippen molar-refractivity contribution in [2.24, 2.45) is 0 Å². The molecule has 0 aliphatic rings. The molecule has 2 aromatic rings. The molecule has 0 unspecified atom stereocenters. The monoisotopic (exact) mass is 372 g/mol. The first kappa shape index (κ1) is 18.2. The van der Waals surface area contributed by atoms with Gasteiger partial charge in [0.05, 0.1) is 20.5 Å². The van der Waals surface area contributed by atoms with E-state index in [9.17, 15) is 23.7 Å². The highest BCUT2D eigenvalue weighted by atomic mass is 35.5. The molecule has 0 radical (unpaired) electrons. The summed E-state index contributed by atoms with van der Waals surface area (Å²) >= 11 is 6.12. The fourth-order valence-corrected chi connectivity index (χ4v) is 2.99. The Labute approximate surface area is 145 Å². The first-order chi connectivity index (χ1) is 11.3. The SMILES string of the molecule is Cc1c(C(=O)Nc2cccc(Cl)c2SC(F)F)cccc1[N+](=O)[O-]. The lowest BCUT2D eigenvalue weighted by molar-refractivity contribution is -0.385. The largest absolute Gasteiger partial charge is 0.321 e. The molecular weight excluding hydrogens is 362 g/mol. The highest BCUT2D eigenvalue weighted by Gasteiger charge is 2.20. The minimum Gasteiger partial charge on any atom is -0.321 e. The van der Waals surface area contributed by atoms with E-state index in [1.165, 1.54) is 43.3 Å². The summed E-state index contributed by atoms with van der Waals surface area (Å²) in [4.78, 5) is 22.8. The zero-order valence-corrected chi connectivity index (χ0v) is 13.8. The molecule has 0 bridgehead atoms. The van der Waals surface area contributed by atoms with Gasteiger partial charge in [-0.1, -0.05) is 35.5 Å². The second-order valence-corrected chi connectivity index (χ2v) is 6.06. The number of halogens is 3. The van der Waals surface area contributed by atoms with Gasteiger partial charge in [0.15, 0.2) is 0 Å². The number of nitro groups is 1. The number of alkyl halides is 2. The van der Waals surface area contributed by atoms with E-state index < -0.39 is 16.6 Å². The maximum Gasteiger partial charge on any atom is 0.289 e.